The first-order chi connectivity index (χ1) is 11.1. The van der Waals surface area contributed by atoms with Gasteiger partial charge in [-0.1, -0.05) is 6.92 Å². The second-order valence-corrected chi connectivity index (χ2v) is 6.94. The largest absolute Gasteiger partial charge is 0.380 e. The Morgan fingerprint density at radius 1 is 1.39 bits per heavy atom. The fourth-order valence-corrected chi connectivity index (χ4v) is 3.60. The van der Waals surface area contributed by atoms with E-state index in [4.69, 9.17) is 4.74 Å². The molecule has 6 nitrogen and oxygen atoms in total. The van der Waals surface area contributed by atoms with Crippen LogP contribution in [0, 0.1) is 18.8 Å². The normalized spacial score (nSPS) is 30.1. The van der Waals surface area contributed by atoms with Crippen molar-refractivity contribution in [3.8, 4) is 0 Å². The van der Waals surface area contributed by atoms with Crippen LogP contribution in [-0.4, -0.2) is 48.2 Å². The summed E-state index contributed by atoms with van der Waals surface area (Å²) in [5.74, 6) is 2.01. The number of hydrogen-bond donors (Lipinski definition) is 1. The highest BCUT2D eigenvalue weighted by atomic mass is 16.5. The van der Waals surface area contributed by atoms with Gasteiger partial charge in [-0.15, -0.1) is 0 Å². The maximum absolute atomic E-state index is 12.2. The molecule has 6 heteroatoms. The van der Waals surface area contributed by atoms with Gasteiger partial charge in [0.2, 0.25) is 5.91 Å². The number of carbonyl (C=O) groups is 1. The predicted molar refractivity (Wildman–Crippen MR) is 88.2 cm³/mol. The third-order valence-electron chi connectivity index (χ3n) is 5.05. The molecule has 2 fully saturated rings. The first-order valence-corrected chi connectivity index (χ1v) is 8.42. The van der Waals surface area contributed by atoms with E-state index in [0.717, 1.165) is 37.3 Å². The van der Waals surface area contributed by atoms with Gasteiger partial charge in [0.1, 0.15) is 12.1 Å². The van der Waals surface area contributed by atoms with Crippen molar-refractivity contribution >= 4 is 11.7 Å². The van der Waals surface area contributed by atoms with Crippen molar-refractivity contribution in [2.75, 3.05) is 25.1 Å². The molecular weight excluding hydrogens is 292 g/mol. The summed E-state index contributed by atoms with van der Waals surface area (Å²) in [7, 11) is 1.74. The first kappa shape index (κ1) is 16.2. The van der Waals surface area contributed by atoms with Crippen LogP contribution in [0.15, 0.2) is 12.4 Å². The molecule has 1 aromatic heterocycles. The molecule has 3 rings (SSSR count). The van der Waals surface area contributed by atoms with E-state index in [1.807, 2.05) is 13.0 Å². The molecule has 23 heavy (non-hydrogen) atoms. The van der Waals surface area contributed by atoms with Crippen LogP contribution in [0.2, 0.25) is 0 Å². The molecule has 2 aliphatic rings. The maximum Gasteiger partial charge on any atom is 0.223 e. The van der Waals surface area contributed by atoms with Gasteiger partial charge in [-0.3, -0.25) is 4.79 Å². The van der Waals surface area contributed by atoms with Gasteiger partial charge in [-0.05, 0) is 32.1 Å². The number of aromatic nitrogens is 2. The Bertz CT molecular complexity index is 559. The Hall–Kier alpha value is -1.69. The van der Waals surface area contributed by atoms with Crippen molar-refractivity contribution in [2.45, 2.75) is 45.3 Å². The summed E-state index contributed by atoms with van der Waals surface area (Å²) in [6.45, 7) is 5.60. The molecule has 0 radical (unpaired) electrons. The summed E-state index contributed by atoms with van der Waals surface area (Å²) in [5.41, 5.74) is 0.946. The second-order valence-electron chi connectivity index (χ2n) is 6.94. The van der Waals surface area contributed by atoms with E-state index in [2.05, 4.69) is 27.1 Å². The fraction of sp³-hybridized carbons (Fsp3) is 0.706. The summed E-state index contributed by atoms with van der Waals surface area (Å²) in [6, 6.07) is 2.20. The van der Waals surface area contributed by atoms with Crippen LogP contribution in [0.3, 0.4) is 0 Å². The Morgan fingerprint density at radius 2 is 2.17 bits per heavy atom. The number of ether oxygens (including phenoxy) is 1. The van der Waals surface area contributed by atoms with Gasteiger partial charge in [0.05, 0.1) is 12.1 Å². The molecule has 1 saturated carbocycles. The van der Waals surface area contributed by atoms with Gasteiger partial charge in [-0.25, -0.2) is 9.97 Å². The third kappa shape index (κ3) is 3.63. The van der Waals surface area contributed by atoms with E-state index in [-0.39, 0.29) is 24.0 Å². The van der Waals surface area contributed by atoms with E-state index in [0.29, 0.717) is 12.5 Å². The van der Waals surface area contributed by atoms with Gasteiger partial charge < -0.3 is 15.0 Å². The first-order valence-electron chi connectivity index (χ1n) is 8.42. The van der Waals surface area contributed by atoms with Crippen LogP contribution in [0.4, 0.5) is 5.82 Å². The molecule has 1 N–H and O–H groups in total. The lowest BCUT2D eigenvalue weighted by Crippen LogP contribution is -2.44. The predicted octanol–water partition coefficient (Wildman–Crippen LogP) is 1.54. The zero-order chi connectivity index (χ0) is 16.4. The van der Waals surface area contributed by atoms with E-state index >= 15 is 0 Å². The zero-order valence-electron chi connectivity index (χ0n) is 14.2. The molecule has 1 aliphatic carbocycles. The smallest absolute Gasteiger partial charge is 0.223 e. The number of carbonyl (C=O) groups excluding carboxylic acids is 1. The Labute approximate surface area is 137 Å². The van der Waals surface area contributed by atoms with Crippen LogP contribution in [0.5, 0.6) is 0 Å². The minimum absolute atomic E-state index is 0.177. The SMILES string of the molecule is CO[C@H]1C[C@@H](CNC(=O)C2CC(C)C2)N(c2cc(C)ncn2)C1. The molecule has 0 spiro atoms. The molecule has 1 amide bonds. The number of hydrogen-bond acceptors (Lipinski definition) is 5. The molecule has 2 atom stereocenters. The van der Waals surface area contributed by atoms with Gasteiger partial charge in [-0.2, -0.15) is 0 Å². The number of amides is 1. The average molecular weight is 318 g/mol. The number of nitrogens with one attached hydrogen (secondary N) is 1. The highest BCUT2D eigenvalue weighted by Crippen LogP contribution is 2.33. The minimum Gasteiger partial charge on any atom is -0.380 e. The van der Waals surface area contributed by atoms with E-state index in [9.17, 15) is 4.79 Å². The Kier molecular flexibility index (Phi) is 4.80. The number of rotatable bonds is 5. The molecule has 0 bridgehead atoms. The van der Waals surface area contributed by atoms with Crippen molar-refractivity contribution in [3.63, 3.8) is 0 Å². The van der Waals surface area contributed by atoms with Crippen molar-refractivity contribution < 1.29 is 9.53 Å². The van der Waals surface area contributed by atoms with Crippen LogP contribution >= 0.6 is 0 Å². The quantitative estimate of drug-likeness (QED) is 0.892. The lowest BCUT2D eigenvalue weighted by atomic mass is 9.75. The topological polar surface area (TPSA) is 67.3 Å². The van der Waals surface area contributed by atoms with Crippen molar-refractivity contribution in [1.82, 2.24) is 15.3 Å². The molecular formula is C17H26N4O2. The number of methoxy groups -OCH3 is 1. The third-order valence-corrected chi connectivity index (χ3v) is 5.05. The van der Waals surface area contributed by atoms with E-state index < -0.39 is 0 Å². The monoisotopic (exact) mass is 318 g/mol. The molecule has 0 unspecified atom stereocenters. The summed E-state index contributed by atoms with van der Waals surface area (Å²) in [5, 5.41) is 3.13. The molecule has 1 saturated heterocycles. The van der Waals surface area contributed by atoms with Crippen molar-refractivity contribution in [2.24, 2.45) is 11.8 Å². The Morgan fingerprint density at radius 3 is 2.83 bits per heavy atom. The second kappa shape index (κ2) is 6.83. The number of aryl methyl sites for hydroxylation is 1. The van der Waals surface area contributed by atoms with Crippen molar-refractivity contribution in [1.29, 1.82) is 0 Å². The van der Waals surface area contributed by atoms with Crippen LogP contribution < -0.4 is 10.2 Å². The molecule has 0 aromatic carbocycles. The molecule has 126 valence electrons. The highest BCUT2D eigenvalue weighted by molar-refractivity contribution is 5.79. The molecule has 2 heterocycles. The van der Waals surface area contributed by atoms with Crippen LogP contribution in [-0.2, 0) is 9.53 Å². The van der Waals surface area contributed by atoms with Gasteiger partial charge in [0.15, 0.2) is 0 Å². The minimum atomic E-state index is 0.177. The number of anilines is 1. The van der Waals surface area contributed by atoms with Gasteiger partial charge in [0.25, 0.3) is 0 Å². The standard InChI is InChI=1S/C17H26N4O2/c1-11-4-13(5-11)17(22)18-8-14-7-15(23-3)9-21(14)16-6-12(2)19-10-20-16/h6,10-11,13-15H,4-5,7-9H2,1-3H3,(H,18,22)/t11?,13?,14-,15-/m0/s1. The van der Waals surface area contributed by atoms with Crippen LogP contribution in [0.1, 0.15) is 31.9 Å². The Balaban J connectivity index is 1.62. The zero-order valence-corrected chi connectivity index (χ0v) is 14.2. The summed E-state index contributed by atoms with van der Waals surface area (Å²) in [4.78, 5) is 23.0. The van der Waals surface area contributed by atoms with Gasteiger partial charge in [0, 0.05) is 37.9 Å². The maximum atomic E-state index is 12.2. The van der Waals surface area contributed by atoms with Crippen LogP contribution in [0.25, 0.3) is 0 Å². The van der Waals surface area contributed by atoms with E-state index in [1.54, 1.807) is 13.4 Å². The van der Waals surface area contributed by atoms with Crippen molar-refractivity contribution in [3.05, 3.63) is 18.1 Å². The lowest BCUT2D eigenvalue weighted by molar-refractivity contribution is -0.128. The average Bonchev–Trinajstić information content (AvgIpc) is 2.93. The summed E-state index contributed by atoms with van der Waals surface area (Å²) < 4.78 is 5.53. The van der Waals surface area contributed by atoms with Gasteiger partial charge >= 0.3 is 0 Å². The van der Waals surface area contributed by atoms with E-state index in [1.165, 1.54) is 0 Å². The summed E-state index contributed by atoms with van der Waals surface area (Å²) >= 11 is 0. The summed E-state index contributed by atoms with van der Waals surface area (Å²) in [6.07, 6.45) is 4.71. The fourth-order valence-electron chi connectivity index (χ4n) is 3.60. The lowest BCUT2D eigenvalue weighted by Gasteiger charge is -2.32. The molecule has 1 aromatic rings. The molecule has 1 aliphatic heterocycles. The number of nitrogens with zero attached hydrogens (tertiary/aromatic N) is 3. The highest BCUT2D eigenvalue weighted by Gasteiger charge is 2.35.